The molecule has 0 aliphatic carbocycles. The van der Waals surface area contributed by atoms with Crippen LogP contribution in [0, 0.1) is 5.82 Å². The molecule has 0 fully saturated rings. The number of nitrogens with one attached hydrogen (secondary N) is 2. The summed E-state index contributed by atoms with van der Waals surface area (Å²) in [5, 5.41) is 6.04. The number of anilines is 2. The first-order chi connectivity index (χ1) is 14.5. The van der Waals surface area contributed by atoms with Crippen molar-refractivity contribution in [3.8, 4) is 17.2 Å². The van der Waals surface area contributed by atoms with Crippen LogP contribution in [0.1, 0.15) is 11.6 Å². The Morgan fingerprint density at radius 2 is 1.43 bits per heavy atom. The van der Waals surface area contributed by atoms with Crippen LogP contribution in [0.5, 0.6) is 17.2 Å². The summed E-state index contributed by atoms with van der Waals surface area (Å²) in [6.45, 7) is 0. The zero-order valence-electron chi connectivity index (χ0n) is 16.9. The minimum Gasteiger partial charge on any atom is -0.493 e. The van der Waals surface area contributed by atoms with E-state index in [2.05, 4.69) is 10.6 Å². The Morgan fingerprint density at radius 1 is 0.833 bits per heavy atom. The normalized spacial score (nSPS) is 11.3. The highest BCUT2D eigenvalue weighted by atomic mass is 19.1. The Balaban J connectivity index is 1.93. The summed E-state index contributed by atoms with van der Waals surface area (Å²) in [5.41, 5.74) is 1.85. The molecule has 6 nitrogen and oxygen atoms in total. The van der Waals surface area contributed by atoms with Crippen LogP contribution in [-0.2, 0) is 4.79 Å². The third-order valence-electron chi connectivity index (χ3n) is 4.48. The van der Waals surface area contributed by atoms with E-state index in [9.17, 15) is 9.18 Å². The Labute approximate surface area is 174 Å². The van der Waals surface area contributed by atoms with Gasteiger partial charge in [-0.05, 0) is 29.8 Å². The summed E-state index contributed by atoms with van der Waals surface area (Å²) in [5.74, 6) is 0.706. The summed E-state index contributed by atoms with van der Waals surface area (Å²) in [4.78, 5) is 13.1. The lowest BCUT2D eigenvalue weighted by atomic mass is 10.1. The zero-order valence-corrected chi connectivity index (χ0v) is 16.9. The molecule has 0 aliphatic rings. The van der Waals surface area contributed by atoms with Crippen LogP contribution in [0.15, 0.2) is 66.7 Å². The van der Waals surface area contributed by atoms with Crippen LogP contribution in [0.25, 0.3) is 0 Å². The summed E-state index contributed by atoms with van der Waals surface area (Å²) < 4.78 is 29.3. The van der Waals surface area contributed by atoms with E-state index in [0.717, 1.165) is 5.56 Å². The van der Waals surface area contributed by atoms with Crippen LogP contribution in [-0.4, -0.2) is 27.2 Å². The van der Waals surface area contributed by atoms with Gasteiger partial charge in [-0.15, -0.1) is 0 Å². The topological polar surface area (TPSA) is 68.8 Å². The van der Waals surface area contributed by atoms with Crippen molar-refractivity contribution in [3.63, 3.8) is 0 Å². The average molecular weight is 410 g/mol. The number of methoxy groups -OCH3 is 3. The second-order valence-corrected chi connectivity index (χ2v) is 6.40. The molecule has 156 valence electrons. The van der Waals surface area contributed by atoms with E-state index in [1.165, 1.54) is 45.6 Å². The third kappa shape index (κ3) is 4.81. The molecule has 7 heteroatoms. The standard InChI is InChI=1S/C23H23FN2O4/c1-28-19-13-18(14-20(29-2)22(19)30-3)25-21(15-7-5-4-6-8-15)23(27)26-17-11-9-16(24)10-12-17/h4-14,21,25H,1-3H3,(H,26,27)/t21-/m0/s1. The molecular formula is C23H23FN2O4. The van der Waals surface area contributed by atoms with E-state index < -0.39 is 6.04 Å². The lowest BCUT2D eigenvalue weighted by molar-refractivity contribution is -0.117. The van der Waals surface area contributed by atoms with Gasteiger partial charge < -0.3 is 24.8 Å². The average Bonchev–Trinajstić information content (AvgIpc) is 2.78. The molecule has 3 aromatic carbocycles. The molecule has 0 saturated heterocycles. The lowest BCUT2D eigenvalue weighted by Gasteiger charge is -2.22. The number of carbonyl (C=O) groups is 1. The molecule has 0 radical (unpaired) electrons. The minimum atomic E-state index is -0.723. The fourth-order valence-electron chi connectivity index (χ4n) is 3.02. The van der Waals surface area contributed by atoms with Gasteiger partial charge in [0, 0.05) is 23.5 Å². The monoisotopic (exact) mass is 410 g/mol. The van der Waals surface area contributed by atoms with Crippen LogP contribution in [0.4, 0.5) is 15.8 Å². The van der Waals surface area contributed by atoms with E-state index >= 15 is 0 Å². The fraction of sp³-hybridized carbons (Fsp3) is 0.174. The van der Waals surface area contributed by atoms with Gasteiger partial charge in [-0.3, -0.25) is 4.79 Å². The smallest absolute Gasteiger partial charge is 0.251 e. The number of amides is 1. The molecule has 3 rings (SSSR count). The lowest BCUT2D eigenvalue weighted by Crippen LogP contribution is -2.27. The van der Waals surface area contributed by atoms with E-state index in [1.54, 1.807) is 12.1 Å². The van der Waals surface area contributed by atoms with Crippen molar-refractivity contribution in [3.05, 3.63) is 78.1 Å². The van der Waals surface area contributed by atoms with E-state index in [0.29, 0.717) is 28.6 Å². The predicted octanol–water partition coefficient (Wildman–Crippen LogP) is 4.64. The molecule has 0 heterocycles. The van der Waals surface area contributed by atoms with Gasteiger partial charge in [0.1, 0.15) is 11.9 Å². The highest BCUT2D eigenvalue weighted by Gasteiger charge is 2.22. The van der Waals surface area contributed by atoms with Crippen molar-refractivity contribution in [1.29, 1.82) is 0 Å². The van der Waals surface area contributed by atoms with Gasteiger partial charge in [0.05, 0.1) is 21.3 Å². The van der Waals surface area contributed by atoms with Crippen molar-refractivity contribution >= 4 is 17.3 Å². The van der Waals surface area contributed by atoms with Crippen LogP contribution in [0.2, 0.25) is 0 Å². The number of halogens is 1. The number of carbonyl (C=O) groups excluding carboxylic acids is 1. The van der Waals surface area contributed by atoms with Gasteiger partial charge >= 0.3 is 0 Å². The second kappa shape index (κ2) is 9.65. The molecule has 0 spiro atoms. The first-order valence-corrected chi connectivity index (χ1v) is 9.23. The Bertz CT molecular complexity index is 969. The molecule has 1 atom stereocenters. The summed E-state index contributed by atoms with van der Waals surface area (Å²) >= 11 is 0. The van der Waals surface area contributed by atoms with Crippen LogP contribution in [0.3, 0.4) is 0 Å². The minimum absolute atomic E-state index is 0.304. The van der Waals surface area contributed by atoms with Gasteiger partial charge in [0.25, 0.3) is 5.91 Å². The first-order valence-electron chi connectivity index (χ1n) is 9.23. The number of hydrogen-bond acceptors (Lipinski definition) is 5. The van der Waals surface area contributed by atoms with Gasteiger partial charge in [-0.2, -0.15) is 0 Å². The van der Waals surface area contributed by atoms with Crippen molar-refractivity contribution in [2.45, 2.75) is 6.04 Å². The molecule has 0 aromatic heterocycles. The Morgan fingerprint density at radius 3 is 1.97 bits per heavy atom. The SMILES string of the molecule is COc1cc(N[C@H](C(=O)Nc2ccc(F)cc2)c2ccccc2)cc(OC)c1OC. The van der Waals surface area contributed by atoms with Gasteiger partial charge in [0.15, 0.2) is 11.5 Å². The molecule has 30 heavy (non-hydrogen) atoms. The number of ether oxygens (including phenoxy) is 3. The van der Waals surface area contributed by atoms with Crippen molar-refractivity contribution < 1.29 is 23.4 Å². The maximum atomic E-state index is 13.2. The third-order valence-corrected chi connectivity index (χ3v) is 4.48. The second-order valence-electron chi connectivity index (χ2n) is 6.40. The molecule has 0 unspecified atom stereocenters. The largest absolute Gasteiger partial charge is 0.493 e. The predicted molar refractivity (Wildman–Crippen MR) is 114 cm³/mol. The highest BCUT2D eigenvalue weighted by molar-refractivity contribution is 5.97. The van der Waals surface area contributed by atoms with Crippen molar-refractivity contribution in [2.75, 3.05) is 32.0 Å². The van der Waals surface area contributed by atoms with Gasteiger partial charge in [0.2, 0.25) is 5.75 Å². The Hall–Kier alpha value is -3.74. The van der Waals surface area contributed by atoms with Gasteiger partial charge in [-0.1, -0.05) is 30.3 Å². The molecule has 2 N–H and O–H groups in total. The van der Waals surface area contributed by atoms with Crippen LogP contribution < -0.4 is 24.8 Å². The van der Waals surface area contributed by atoms with E-state index in [-0.39, 0.29) is 11.7 Å². The summed E-state index contributed by atoms with van der Waals surface area (Å²) in [6.07, 6.45) is 0. The highest BCUT2D eigenvalue weighted by Crippen LogP contribution is 2.40. The maximum absolute atomic E-state index is 13.2. The maximum Gasteiger partial charge on any atom is 0.251 e. The summed E-state index contributed by atoms with van der Waals surface area (Å²) in [7, 11) is 4.57. The molecule has 0 saturated carbocycles. The number of benzene rings is 3. The molecule has 0 bridgehead atoms. The van der Waals surface area contributed by atoms with E-state index in [1.807, 2.05) is 30.3 Å². The molecular weight excluding hydrogens is 387 g/mol. The van der Waals surface area contributed by atoms with Crippen molar-refractivity contribution in [2.24, 2.45) is 0 Å². The van der Waals surface area contributed by atoms with Crippen molar-refractivity contribution in [1.82, 2.24) is 0 Å². The summed E-state index contributed by atoms with van der Waals surface area (Å²) in [6, 6.07) is 17.6. The number of rotatable bonds is 8. The van der Waals surface area contributed by atoms with Crippen LogP contribution >= 0.6 is 0 Å². The molecule has 3 aromatic rings. The van der Waals surface area contributed by atoms with Gasteiger partial charge in [-0.25, -0.2) is 4.39 Å². The first kappa shape index (κ1) is 21.0. The molecule has 0 aliphatic heterocycles. The van der Waals surface area contributed by atoms with E-state index in [4.69, 9.17) is 14.2 Å². The molecule has 1 amide bonds. The fourth-order valence-corrected chi connectivity index (χ4v) is 3.02. The zero-order chi connectivity index (χ0) is 21.5. The quantitative estimate of drug-likeness (QED) is 0.566. The Kier molecular flexibility index (Phi) is 6.75. The number of hydrogen-bond donors (Lipinski definition) is 2.